The molecule has 0 aliphatic carbocycles. The van der Waals surface area contributed by atoms with Gasteiger partial charge in [0.1, 0.15) is 17.5 Å². The second-order valence-corrected chi connectivity index (χ2v) is 5.51. The van der Waals surface area contributed by atoms with Crippen molar-refractivity contribution in [2.75, 3.05) is 5.73 Å². The maximum Gasteiger partial charge on any atom is 0.241 e. The van der Waals surface area contributed by atoms with Gasteiger partial charge in [-0.15, -0.1) is 0 Å². The number of nitrogens with one attached hydrogen (secondary N) is 2. The SMILES string of the molecule is Nc1[nH]ncc1CNS(=O)(=O)c1cc(F)cc(F)c1. The lowest BCUT2D eigenvalue weighted by molar-refractivity contribution is 0.561. The zero-order chi connectivity index (χ0) is 14.0. The molecule has 9 heteroatoms. The summed E-state index contributed by atoms with van der Waals surface area (Å²) in [7, 11) is -4.03. The van der Waals surface area contributed by atoms with Crippen molar-refractivity contribution in [3.63, 3.8) is 0 Å². The number of nitrogens with zero attached hydrogens (tertiary/aromatic N) is 1. The van der Waals surface area contributed by atoms with Gasteiger partial charge in [0.25, 0.3) is 0 Å². The highest BCUT2D eigenvalue weighted by atomic mass is 32.2. The van der Waals surface area contributed by atoms with E-state index in [2.05, 4.69) is 14.9 Å². The minimum atomic E-state index is -4.03. The molecule has 0 spiro atoms. The van der Waals surface area contributed by atoms with E-state index in [4.69, 9.17) is 5.73 Å². The van der Waals surface area contributed by atoms with Gasteiger partial charge in [-0.1, -0.05) is 0 Å². The molecule has 0 fully saturated rings. The Labute approximate surface area is 107 Å². The van der Waals surface area contributed by atoms with E-state index in [1.807, 2.05) is 0 Å². The van der Waals surface area contributed by atoms with Gasteiger partial charge in [-0.2, -0.15) is 5.10 Å². The summed E-state index contributed by atoms with van der Waals surface area (Å²) in [6.45, 7) is -0.136. The summed E-state index contributed by atoms with van der Waals surface area (Å²) in [6.07, 6.45) is 1.35. The third kappa shape index (κ3) is 3.06. The number of aromatic nitrogens is 2. The zero-order valence-corrected chi connectivity index (χ0v) is 10.3. The number of anilines is 1. The molecule has 102 valence electrons. The summed E-state index contributed by atoms with van der Waals surface area (Å²) in [4.78, 5) is -0.493. The molecule has 19 heavy (non-hydrogen) atoms. The van der Waals surface area contributed by atoms with Crippen LogP contribution in [0.4, 0.5) is 14.6 Å². The van der Waals surface area contributed by atoms with E-state index in [0.717, 1.165) is 12.1 Å². The number of benzene rings is 1. The molecular formula is C10H10F2N4O2S. The molecule has 0 amide bonds. The van der Waals surface area contributed by atoms with Crippen molar-refractivity contribution < 1.29 is 17.2 Å². The average Bonchev–Trinajstić information content (AvgIpc) is 2.71. The predicted octanol–water partition coefficient (Wildman–Crippen LogP) is 0.749. The van der Waals surface area contributed by atoms with Crippen LogP contribution in [0.3, 0.4) is 0 Å². The minimum Gasteiger partial charge on any atom is -0.384 e. The Bertz CT molecular complexity index is 679. The van der Waals surface area contributed by atoms with E-state index in [1.165, 1.54) is 6.20 Å². The molecule has 1 aromatic carbocycles. The molecule has 0 bridgehead atoms. The zero-order valence-electron chi connectivity index (χ0n) is 9.52. The quantitative estimate of drug-likeness (QED) is 0.772. The number of nitrogens with two attached hydrogens (primary N) is 1. The third-order valence-corrected chi connectivity index (χ3v) is 3.73. The molecule has 0 saturated heterocycles. The number of H-pyrrole nitrogens is 1. The van der Waals surface area contributed by atoms with Crippen LogP contribution in [0.15, 0.2) is 29.3 Å². The van der Waals surface area contributed by atoms with E-state index < -0.39 is 26.6 Å². The van der Waals surface area contributed by atoms with E-state index in [-0.39, 0.29) is 12.4 Å². The molecule has 2 rings (SSSR count). The van der Waals surface area contributed by atoms with Crippen molar-refractivity contribution in [3.8, 4) is 0 Å². The van der Waals surface area contributed by atoms with E-state index in [1.54, 1.807) is 0 Å². The molecule has 0 radical (unpaired) electrons. The monoisotopic (exact) mass is 288 g/mol. The molecule has 0 aliphatic rings. The second kappa shape index (κ2) is 4.94. The van der Waals surface area contributed by atoms with Crippen molar-refractivity contribution in [1.82, 2.24) is 14.9 Å². The Hall–Kier alpha value is -2.00. The van der Waals surface area contributed by atoms with E-state index >= 15 is 0 Å². The Morgan fingerprint density at radius 2 is 1.89 bits per heavy atom. The summed E-state index contributed by atoms with van der Waals surface area (Å²) in [5.74, 6) is -1.72. The van der Waals surface area contributed by atoms with Gasteiger partial charge in [0.2, 0.25) is 10.0 Å². The fourth-order valence-electron chi connectivity index (χ4n) is 1.40. The van der Waals surface area contributed by atoms with Crippen LogP contribution >= 0.6 is 0 Å². The van der Waals surface area contributed by atoms with Crippen LogP contribution in [0.2, 0.25) is 0 Å². The number of aromatic amines is 1. The molecule has 0 atom stereocenters. The third-order valence-electron chi connectivity index (χ3n) is 2.35. The Morgan fingerprint density at radius 1 is 1.26 bits per heavy atom. The highest BCUT2D eigenvalue weighted by molar-refractivity contribution is 7.89. The molecule has 0 aliphatic heterocycles. The van der Waals surface area contributed by atoms with Gasteiger partial charge in [0.15, 0.2) is 0 Å². The van der Waals surface area contributed by atoms with Crippen LogP contribution < -0.4 is 10.5 Å². The smallest absolute Gasteiger partial charge is 0.241 e. The van der Waals surface area contributed by atoms with Gasteiger partial charge in [0, 0.05) is 18.2 Å². The molecule has 1 heterocycles. The molecule has 0 unspecified atom stereocenters. The first kappa shape index (κ1) is 13.4. The maximum absolute atomic E-state index is 13.0. The van der Waals surface area contributed by atoms with Crippen LogP contribution in [0.1, 0.15) is 5.56 Å². The lowest BCUT2D eigenvalue weighted by Crippen LogP contribution is -2.23. The summed E-state index contributed by atoms with van der Waals surface area (Å²) in [6, 6.07) is 2.04. The highest BCUT2D eigenvalue weighted by Crippen LogP contribution is 2.14. The van der Waals surface area contributed by atoms with Crippen LogP contribution in [0.25, 0.3) is 0 Å². The molecule has 2 aromatic rings. The number of hydrogen-bond acceptors (Lipinski definition) is 4. The van der Waals surface area contributed by atoms with E-state index in [9.17, 15) is 17.2 Å². The lowest BCUT2D eigenvalue weighted by atomic mass is 10.3. The summed E-state index contributed by atoms with van der Waals surface area (Å²) in [5.41, 5.74) is 5.91. The predicted molar refractivity (Wildman–Crippen MR) is 63.4 cm³/mol. The Balaban J connectivity index is 2.21. The van der Waals surface area contributed by atoms with Crippen molar-refractivity contribution in [1.29, 1.82) is 0 Å². The lowest BCUT2D eigenvalue weighted by Gasteiger charge is -2.06. The normalized spacial score (nSPS) is 11.7. The topological polar surface area (TPSA) is 101 Å². The Kier molecular flexibility index (Phi) is 3.49. The fourth-order valence-corrected chi connectivity index (χ4v) is 2.45. The summed E-state index contributed by atoms with van der Waals surface area (Å²) in [5, 5.41) is 6.05. The van der Waals surface area contributed by atoms with Crippen LogP contribution in [0.5, 0.6) is 0 Å². The number of rotatable bonds is 4. The first-order valence-corrected chi connectivity index (χ1v) is 6.60. The molecule has 0 saturated carbocycles. The number of halogens is 2. The summed E-state index contributed by atoms with van der Waals surface area (Å²) >= 11 is 0. The van der Waals surface area contributed by atoms with Crippen LogP contribution in [0, 0.1) is 11.6 Å². The molecule has 6 nitrogen and oxygen atoms in total. The van der Waals surface area contributed by atoms with Gasteiger partial charge in [0.05, 0.1) is 11.1 Å². The fraction of sp³-hybridized carbons (Fsp3) is 0.100. The number of hydrogen-bond donors (Lipinski definition) is 3. The average molecular weight is 288 g/mol. The van der Waals surface area contributed by atoms with Crippen molar-refractivity contribution in [2.45, 2.75) is 11.4 Å². The van der Waals surface area contributed by atoms with Crippen molar-refractivity contribution in [3.05, 3.63) is 41.6 Å². The number of sulfonamides is 1. The first-order valence-electron chi connectivity index (χ1n) is 5.12. The standard InChI is InChI=1S/C10H10F2N4O2S/c11-7-1-8(12)3-9(2-7)19(17,18)15-5-6-4-14-16-10(6)13/h1-4,15H,5H2,(H3,13,14,16). The van der Waals surface area contributed by atoms with Gasteiger partial charge >= 0.3 is 0 Å². The van der Waals surface area contributed by atoms with Gasteiger partial charge in [-0.25, -0.2) is 21.9 Å². The van der Waals surface area contributed by atoms with E-state index in [0.29, 0.717) is 11.6 Å². The highest BCUT2D eigenvalue weighted by Gasteiger charge is 2.17. The second-order valence-electron chi connectivity index (χ2n) is 3.74. The Morgan fingerprint density at radius 3 is 2.42 bits per heavy atom. The van der Waals surface area contributed by atoms with Gasteiger partial charge in [-0.3, -0.25) is 5.10 Å². The van der Waals surface area contributed by atoms with Crippen molar-refractivity contribution in [2.24, 2.45) is 0 Å². The van der Waals surface area contributed by atoms with Crippen LogP contribution in [-0.4, -0.2) is 18.6 Å². The molecule has 1 aromatic heterocycles. The minimum absolute atomic E-state index is 0.136. The largest absolute Gasteiger partial charge is 0.384 e. The molecule has 4 N–H and O–H groups in total. The molecular weight excluding hydrogens is 278 g/mol. The van der Waals surface area contributed by atoms with Gasteiger partial charge < -0.3 is 5.73 Å². The van der Waals surface area contributed by atoms with Crippen molar-refractivity contribution >= 4 is 15.8 Å². The van der Waals surface area contributed by atoms with Gasteiger partial charge in [-0.05, 0) is 12.1 Å². The maximum atomic E-state index is 13.0. The van der Waals surface area contributed by atoms with Crippen LogP contribution in [-0.2, 0) is 16.6 Å². The number of nitrogen functional groups attached to an aromatic ring is 1. The summed E-state index contributed by atoms with van der Waals surface area (Å²) < 4.78 is 51.8. The first-order chi connectivity index (χ1) is 8.88.